The molecule has 0 radical (unpaired) electrons. The van der Waals surface area contributed by atoms with Crippen molar-refractivity contribution in [2.45, 2.75) is 44.3 Å². The van der Waals surface area contributed by atoms with Crippen LogP contribution in [0.2, 0.25) is 0 Å². The van der Waals surface area contributed by atoms with Gasteiger partial charge in [-0.25, -0.2) is 9.18 Å². The van der Waals surface area contributed by atoms with E-state index in [0.717, 1.165) is 0 Å². The molecule has 0 bridgehead atoms. The number of carbonyl (C=O) groups is 2. The van der Waals surface area contributed by atoms with Crippen molar-refractivity contribution >= 4 is 12.0 Å². The second-order valence-corrected chi connectivity index (χ2v) is 4.42. The summed E-state index contributed by atoms with van der Waals surface area (Å²) in [6.07, 6.45) is 1.12. The van der Waals surface area contributed by atoms with E-state index in [0.29, 0.717) is 25.8 Å². The first kappa shape index (κ1) is 12.7. The Balaban J connectivity index is 2.02. The van der Waals surface area contributed by atoms with Crippen molar-refractivity contribution in [1.29, 1.82) is 0 Å². The molecule has 3 N–H and O–H groups in total. The number of nitrogens with one attached hydrogen (secondary N) is 2. The molecular formula is C10H17FN2O3. The Morgan fingerprint density at radius 1 is 1.50 bits per heavy atom. The van der Waals surface area contributed by atoms with E-state index in [-0.39, 0.29) is 18.5 Å². The van der Waals surface area contributed by atoms with Gasteiger partial charge in [0.05, 0.1) is 0 Å². The standard InChI is InChI=1S/C10H17FN2O3/c1-10(11)5-7(6-10)13-9(16)12-4-2-3-8(14)15/h7H,2-6H2,1H3,(H,14,15)(H2,12,13,16). The topological polar surface area (TPSA) is 78.4 Å². The number of carboxylic acid groups (broad SMARTS) is 1. The highest BCUT2D eigenvalue weighted by Gasteiger charge is 2.41. The molecule has 2 amide bonds. The summed E-state index contributed by atoms with van der Waals surface area (Å²) in [6, 6.07) is -0.458. The third-order valence-corrected chi connectivity index (χ3v) is 2.53. The molecular weight excluding hydrogens is 215 g/mol. The second-order valence-electron chi connectivity index (χ2n) is 4.42. The highest BCUT2D eigenvalue weighted by Crippen LogP contribution is 2.35. The van der Waals surface area contributed by atoms with Crippen LogP contribution in [0.25, 0.3) is 0 Å². The summed E-state index contributed by atoms with van der Waals surface area (Å²) in [5, 5.41) is 13.5. The highest BCUT2D eigenvalue weighted by atomic mass is 19.1. The van der Waals surface area contributed by atoms with Crippen LogP contribution >= 0.6 is 0 Å². The molecule has 0 aromatic carbocycles. The summed E-state index contributed by atoms with van der Waals surface area (Å²) in [4.78, 5) is 21.4. The largest absolute Gasteiger partial charge is 0.481 e. The fourth-order valence-electron chi connectivity index (χ4n) is 1.75. The van der Waals surface area contributed by atoms with E-state index >= 15 is 0 Å². The normalized spacial score (nSPS) is 28.0. The van der Waals surface area contributed by atoms with Gasteiger partial charge in [0, 0.05) is 31.8 Å². The van der Waals surface area contributed by atoms with E-state index in [2.05, 4.69) is 10.6 Å². The average Bonchev–Trinajstić information content (AvgIpc) is 2.09. The molecule has 0 aromatic heterocycles. The monoisotopic (exact) mass is 232 g/mol. The first-order valence-corrected chi connectivity index (χ1v) is 5.34. The molecule has 6 heteroatoms. The molecule has 1 saturated carbocycles. The molecule has 0 atom stereocenters. The third-order valence-electron chi connectivity index (χ3n) is 2.53. The van der Waals surface area contributed by atoms with Gasteiger partial charge in [0.1, 0.15) is 5.67 Å². The van der Waals surface area contributed by atoms with E-state index in [1.165, 1.54) is 6.92 Å². The highest BCUT2D eigenvalue weighted by molar-refractivity contribution is 5.74. The molecule has 16 heavy (non-hydrogen) atoms. The predicted molar refractivity (Wildman–Crippen MR) is 55.9 cm³/mol. The lowest BCUT2D eigenvalue weighted by molar-refractivity contribution is -0.137. The van der Waals surface area contributed by atoms with Crippen molar-refractivity contribution in [3.05, 3.63) is 0 Å². The second kappa shape index (κ2) is 5.14. The van der Waals surface area contributed by atoms with Gasteiger partial charge in [-0.1, -0.05) is 0 Å². The minimum absolute atomic E-state index is 0.0340. The molecule has 0 aromatic rings. The van der Waals surface area contributed by atoms with Crippen LogP contribution < -0.4 is 10.6 Å². The van der Waals surface area contributed by atoms with Crippen LogP contribution in [0.3, 0.4) is 0 Å². The van der Waals surface area contributed by atoms with Crippen molar-refractivity contribution in [3.63, 3.8) is 0 Å². The number of halogens is 1. The maximum absolute atomic E-state index is 13.1. The van der Waals surface area contributed by atoms with Crippen molar-refractivity contribution in [2.75, 3.05) is 6.54 Å². The Bertz CT molecular complexity index is 273. The van der Waals surface area contributed by atoms with E-state index in [1.807, 2.05) is 0 Å². The fourth-order valence-corrected chi connectivity index (χ4v) is 1.75. The lowest BCUT2D eigenvalue weighted by Crippen LogP contribution is -2.53. The van der Waals surface area contributed by atoms with Gasteiger partial charge in [-0.15, -0.1) is 0 Å². The number of aliphatic carboxylic acids is 1. The molecule has 5 nitrogen and oxygen atoms in total. The van der Waals surface area contributed by atoms with Crippen molar-refractivity contribution in [2.24, 2.45) is 0 Å². The molecule has 1 rings (SSSR count). The molecule has 1 aliphatic rings. The van der Waals surface area contributed by atoms with Crippen LogP contribution in [0, 0.1) is 0 Å². The van der Waals surface area contributed by atoms with Crippen LogP contribution in [0.15, 0.2) is 0 Å². The van der Waals surface area contributed by atoms with E-state index in [9.17, 15) is 14.0 Å². The van der Waals surface area contributed by atoms with Crippen LogP contribution in [0.1, 0.15) is 32.6 Å². The molecule has 1 fully saturated rings. The maximum Gasteiger partial charge on any atom is 0.315 e. The van der Waals surface area contributed by atoms with Crippen molar-refractivity contribution in [1.82, 2.24) is 10.6 Å². The van der Waals surface area contributed by atoms with Crippen molar-refractivity contribution < 1.29 is 19.1 Å². The summed E-state index contributed by atoms with van der Waals surface area (Å²) in [7, 11) is 0. The molecule has 92 valence electrons. The number of hydrogen-bond donors (Lipinski definition) is 3. The van der Waals surface area contributed by atoms with Crippen LogP contribution in [-0.4, -0.2) is 35.4 Å². The number of alkyl halides is 1. The summed E-state index contributed by atoms with van der Waals surface area (Å²) in [5.41, 5.74) is -1.15. The SMILES string of the molecule is CC1(F)CC(NC(=O)NCCCC(=O)O)C1. The number of hydrogen-bond acceptors (Lipinski definition) is 2. The minimum Gasteiger partial charge on any atom is -0.481 e. The Morgan fingerprint density at radius 2 is 2.12 bits per heavy atom. The molecule has 0 saturated heterocycles. The Hall–Kier alpha value is -1.33. The first-order valence-electron chi connectivity index (χ1n) is 5.34. The first-order chi connectivity index (χ1) is 7.39. The molecule has 0 heterocycles. The summed E-state index contributed by atoms with van der Waals surface area (Å²) in [6.45, 7) is 1.83. The molecule has 1 aliphatic carbocycles. The number of carbonyl (C=O) groups excluding carboxylic acids is 1. The number of urea groups is 1. The van der Waals surface area contributed by atoms with Crippen LogP contribution in [0.4, 0.5) is 9.18 Å². The summed E-state index contributed by atoms with van der Waals surface area (Å²) < 4.78 is 13.1. The van der Waals surface area contributed by atoms with Gasteiger partial charge >= 0.3 is 12.0 Å². The Morgan fingerprint density at radius 3 is 2.62 bits per heavy atom. The number of rotatable bonds is 5. The van der Waals surface area contributed by atoms with Gasteiger partial charge in [0.2, 0.25) is 0 Å². The summed E-state index contributed by atoms with van der Waals surface area (Å²) in [5.74, 6) is -0.880. The third kappa shape index (κ3) is 4.46. The van der Waals surface area contributed by atoms with Gasteiger partial charge in [-0.05, 0) is 13.3 Å². The lowest BCUT2D eigenvalue weighted by atomic mass is 9.79. The molecule has 0 spiro atoms. The lowest BCUT2D eigenvalue weighted by Gasteiger charge is -2.38. The number of carboxylic acids is 1. The van der Waals surface area contributed by atoms with E-state index < -0.39 is 11.6 Å². The minimum atomic E-state index is -1.15. The predicted octanol–water partition coefficient (Wildman–Crippen LogP) is 1.04. The van der Waals surface area contributed by atoms with Gasteiger partial charge in [-0.3, -0.25) is 4.79 Å². The van der Waals surface area contributed by atoms with Gasteiger partial charge < -0.3 is 15.7 Å². The molecule has 0 unspecified atom stereocenters. The van der Waals surface area contributed by atoms with Gasteiger partial charge in [-0.2, -0.15) is 0 Å². The maximum atomic E-state index is 13.1. The Labute approximate surface area is 93.4 Å². The molecule has 0 aliphatic heterocycles. The van der Waals surface area contributed by atoms with E-state index in [1.54, 1.807) is 0 Å². The Kier molecular flexibility index (Phi) is 4.09. The van der Waals surface area contributed by atoms with Gasteiger partial charge in [0.25, 0.3) is 0 Å². The van der Waals surface area contributed by atoms with Crippen molar-refractivity contribution in [3.8, 4) is 0 Å². The quantitative estimate of drug-likeness (QED) is 0.620. The fraction of sp³-hybridized carbons (Fsp3) is 0.800. The van der Waals surface area contributed by atoms with Crippen LogP contribution in [-0.2, 0) is 4.79 Å². The number of amides is 2. The van der Waals surface area contributed by atoms with Crippen LogP contribution in [0.5, 0.6) is 0 Å². The zero-order valence-corrected chi connectivity index (χ0v) is 9.25. The van der Waals surface area contributed by atoms with Gasteiger partial charge in [0.15, 0.2) is 0 Å². The van der Waals surface area contributed by atoms with E-state index in [4.69, 9.17) is 5.11 Å². The average molecular weight is 232 g/mol. The zero-order valence-electron chi connectivity index (χ0n) is 9.25. The smallest absolute Gasteiger partial charge is 0.315 e. The summed E-state index contributed by atoms with van der Waals surface area (Å²) >= 11 is 0. The zero-order chi connectivity index (χ0) is 12.2.